The highest BCUT2D eigenvalue weighted by atomic mass is 16.5. The number of hydrogen-bond acceptors (Lipinski definition) is 4. The van der Waals surface area contributed by atoms with E-state index in [1.54, 1.807) is 13.3 Å². The number of ether oxygens (including phenoxy) is 2. The van der Waals surface area contributed by atoms with E-state index in [0.29, 0.717) is 6.61 Å². The van der Waals surface area contributed by atoms with Crippen LogP contribution in [0.1, 0.15) is 25.1 Å². The molecule has 0 radical (unpaired) electrons. The zero-order valence-corrected chi connectivity index (χ0v) is 12.9. The van der Waals surface area contributed by atoms with Gasteiger partial charge in [-0.3, -0.25) is 4.68 Å². The van der Waals surface area contributed by atoms with Crippen molar-refractivity contribution in [1.29, 1.82) is 0 Å². The number of para-hydroxylation sites is 1. The van der Waals surface area contributed by atoms with Crippen molar-refractivity contribution >= 4 is 0 Å². The molecule has 1 heterocycles. The average molecular weight is 289 g/mol. The van der Waals surface area contributed by atoms with Gasteiger partial charge >= 0.3 is 0 Å². The summed E-state index contributed by atoms with van der Waals surface area (Å²) in [5.41, 5.74) is 1.07. The first-order chi connectivity index (χ1) is 10.3. The zero-order valence-electron chi connectivity index (χ0n) is 12.9. The van der Waals surface area contributed by atoms with Crippen LogP contribution in [0, 0.1) is 0 Å². The fourth-order valence-electron chi connectivity index (χ4n) is 2.37. The molecule has 0 amide bonds. The van der Waals surface area contributed by atoms with Crippen molar-refractivity contribution in [1.82, 2.24) is 15.1 Å². The molecule has 1 atom stereocenters. The number of nitrogens with zero attached hydrogens (tertiary/aromatic N) is 2. The van der Waals surface area contributed by atoms with Crippen molar-refractivity contribution in [2.45, 2.75) is 25.9 Å². The third kappa shape index (κ3) is 3.76. The van der Waals surface area contributed by atoms with Gasteiger partial charge in [0.15, 0.2) is 5.75 Å². The largest absolute Gasteiger partial charge is 0.494 e. The van der Waals surface area contributed by atoms with Gasteiger partial charge in [-0.05, 0) is 26.1 Å². The summed E-state index contributed by atoms with van der Waals surface area (Å²) in [7, 11) is 3.62. The van der Waals surface area contributed by atoms with E-state index in [0.717, 1.165) is 30.2 Å². The van der Waals surface area contributed by atoms with Crippen molar-refractivity contribution in [2.24, 2.45) is 0 Å². The normalized spacial score (nSPS) is 12.1. The van der Waals surface area contributed by atoms with Crippen LogP contribution in [0.15, 0.2) is 36.5 Å². The summed E-state index contributed by atoms with van der Waals surface area (Å²) >= 11 is 0. The summed E-state index contributed by atoms with van der Waals surface area (Å²) in [5.74, 6) is 1.71. The number of methoxy groups -OCH3 is 1. The molecule has 0 aliphatic carbocycles. The number of benzene rings is 1. The molecule has 1 N–H and O–H groups in total. The maximum Gasteiger partial charge on any atom is 0.161 e. The quantitative estimate of drug-likeness (QED) is 0.811. The van der Waals surface area contributed by atoms with Crippen molar-refractivity contribution in [3.63, 3.8) is 0 Å². The van der Waals surface area contributed by atoms with Crippen LogP contribution in [0.25, 0.3) is 0 Å². The molecule has 0 spiro atoms. The lowest BCUT2D eigenvalue weighted by atomic mass is 10.1. The summed E-state index contributed by atoms with van der Waals surface area (Å²) in [6.45, 7) is 3.52. The van der Waals surface area contributed by atoms with Crippen molar-refractivity contribution in [2.75, 3.05) is 20.8 Å². The van der Waals surface area contributed by atoms with Crippen LogP contribution < -0.4 is 14.8 Å². The minimum atomic E-state index is 0.145. The molecule has 2 aromatic rings. The molecule has 0 bridgehead atoms. The first kappa shape index (κ1) is 15.4. The SMILES string of the molecule is CCn1ncc(OC)c1C(CCOc1ccccc1)NC. The minimum absolute atomic E-state index is 0.145. The Bertz CT molecular complexity index is 518. The zero-order chi connectivity index (χ0) is 15.1. The third-order valence-corrected chi connectivity index (χ3v) is 3.46. The Morgan fingerprint density at radius 3 is 2.67 bits per heavy atom. The first-order valence-corrected chi connectivity index (χ1v) is 7.25. The first-order valence-electron chi connectivity index (χ1n) is 7.25. The molecule has 114 valence electrons. The monoisotopic (exact) mass is 289 g/mol. The summed E-state index contributed by atoms with van der Waals surface area (Å²) in [5, 5.41) is 7.67. The van der Waals surface area contributed by atoms with Gasteiger partial charge in [-0.2, -0.15) is 5.10 Å². The van der Waals surface area contributed by atoms with Gasteiger partial charge in [-0.15, -0.1) is 0 Å². The second-order valence-corrected chi connectivity index (χ2v) is 4.71. The van der Waals surface area contributed by atoms with Crippen LogP contribution in [-0.4, -0.2) is 30.5 Å². The molecule has 0 saturated carbocycles. The van der Waals surface area contributed by atoms with Gasteiger partial charge in [0.2, 0.25) is 0 Å². The number of hydrogen-bond donors (Lipinski definition) is 1. The molecule has 1 aromatic carbocycles. The molecule has 5 nitrogen and oxygen atoms in total. The highest BCUT2D eigenvalue weighted by Crippen LogP contribution is 2.27. The van der Waals surface area contributed by atoms with E-state index in [2.05, 4.69) is 17.3 Å². The minimum Gasteiger partial charge on any atom is -0.494 e. The fraction of sp³-hybridized carbons (Fsp3) is 0.438. The highest BCUT2D eigenvalue weighted by molar-refractivity contribution is 5.28. The molecule has 0 aliphatic rings. The van der Waals surface area contributed by atoms with Crippen LogP contribution in [0.5, 0.6) is 11.5 Å². The molecule has 1 unspecified atom stereocenters. The Morgan fingerprint density at radius 2 is 2.05 bits per heavy atom. The Morgan fingerprint density at radius 1 is 1.29 bits per heavy atom. The Labute approximate surface area is 125 Å². The van der Waals surface area contributed by atoms with E-state index in [4.69, 9.17) is 9.47 Å². The second kappa shape index (κ2) is 7.69. The van der Waals surface area contributed by atoms with Crippen LogP contribution >= 0.6 is 0 Å². The van der Waals surface area contributed by atoms with Gasteiger partial charge in [0.25, 0.3) is 0 Å². The molecule has 1 aromatic heterocycles. The van der Waals surface area contributed by atoms with E-state index >= 15 is 0 Å². The van der Waals surface area contributed by atoms with Crippen molar-refractivity contribution in [3.05, 3.63) is 42.2 Å². The van der Waals surface area contributed by atoms with Gasteiger partial charge in [0.1, 0.15) is 5.75 Å². The maximum absolute atomic E-state index is 5.77. The third-order valence-electron chi connectivity index (χ3n) is 3.46. The van der Waals surface area contributed by atoms with Crippen LogP contribution in [0.2, 0.25) is 0 Å². The molecule has 0 saturated heterocycles. The van der Waals surface area contributed by atoms with Gasteiger partial charge in [0, 0.05) is 13.0 Å². The lowest BCUT2D eigenvalue weighted by Gasteiger charge is -2.19. The van der Waals surface area contributed by atoms with E-state index in [9.17, 15) is 0 Å². The van der Waals surface area contributed by atoms with Gasteiger partial charge < -0.3 is 14.8 Å². The molecular weight excluding hydrogens is 266 g/mol. The number of nitrogens with one attached hydrogen (secondary N) is 1. The average Bonchev–Trinajstić information content (AvgIpc) is 2.95. The predicted octanol–water partition coefficient (Wildman–Crippen LogP) is 2.64. The molecular formula is C16H23N3O2. The molecule has 21 heavy (non-hydrogen) atoms. The van der Waals surface area contributed by atoms with Crippen LogP contribution in [0.3, 0.4) is 0 Å². The summed E-state index contributed by atoms with van der Waals surface area (Å²) in [6, 6.07) is 10.00. The Kier molecular flexibility index (Phi) is 5.63. The van der Waals surface area contributed by atoms with Crippen LogP contribution in [-0.2, 0) is 6.54 Å². The molecule has 0 aliphatic heterocycles. The summed E-state index contributed by atoms with van der Waals surface area (Å²) < 4.78 is 13.1. The molecule has 0 fully saturated rings. The number of aromatic nitrogens is 2. The summed E-state index contributed by atoms with van der Waals surface area (Å²) in [4.78, 5) is 0. The van der Waals surface area contributed by atoms with E-state index in [1.807, 2.05) is 42.1 Å². The van der Waals surface area contributed by atoms with Gasteiger partial charge in [0.05, 0.1) is 31.6 Å². The number of aryl methyl sites for hydroxylation is 1. The number of rotatable bonds is 8. The predicted molar refractivity (Wildman–Crippen MR) is 82.8 cm³/mol. The highest BCUT2D eigenvalue weighted by Gasteiger charge is 2.20. The Hall–Kier alpha value is -2.01. The van der Waals surface area contributed by atoms with Gasteiger partial charge in [-0.1, -0.05) is 18.2 Å². The molecule has 5 heteroatoms. The van der Waals surface area contributed by atoms with Crippen molar-refractivity contribution in [3.8, 4) is 11.5 Å². The van der Waals surface area contributed by atoms with E-state index in [1.165, 1.54) is 0 Å². The summed E-state index contributed by atoms with van der Waals surface area (Å²) in [6.07, 6.45) is 2.61. The smallest absolute Gasteiger partial charge is 0.161 e. The van der Waals surface area contributed by atoms with E-state index in [-0.39, 0.29) is 6.04 Å². The van der Waals surface area contributed by atoms with Crippen molar-refractivity contribution < 1.29 is 9.47 Å². The lowest BCUT2D eigenvalue weighted by molar-refractivity contribution is 0.283. The maximum atomic E-state index is 5.77. The standard InChI is InChI=1S/C16H23N3O2/c1-4-19-16(15(20-3)12-18-19)14(17-2)10-11-21-13-8-6-5-7-9-13/h5-9,12,14,17H,4,10-11H2,1-3H3. The Balaban J connectivity index is 2.01. The van der Waals surface area contributed by atoms with Crippen LogP contribution in [0.4, 0.5) is 0 Å². The van der Waals surface area contributed by atoms with Gasteiger partial charge in [-0.25, -0.2) is 0 Å². The lowest BCUT2D eigenvalue weighted by Crippen LogP contribution is -2.23. The molecule has 2 rings (SSSR count). The fourth-order valence-corrected chi connectivity index (χ4v) is 2.37. The van der Waals surface area contributed by atoms with E-state index < -0.39 is 0 Å². The second-order valence-electron chi connectivity index (χ2n) is 4.71. The topological polar surface area (TPSA) is 48.3 Å².